The third-order valence-electron chi connectivity index (χ3n) is 5.55. The molecule has 9 heteroatoms. The van der Waals surface area contributed by atoms with Gasteiger partial charge in [-0.05, 0) is 57.5 Å². The van der Waals surface area contributed by atoms with Gasteiger partial charge in [0.15, 0.2) is 4.80 Å². The molecule has 0 saturated carbocycles. The van der Waals surface area contributed by atoms with E-state index in [9.17, 15) is 14.4 Å². The first-order valence-corrected chi connectivity index (χ1v) is 12.3. The number of carboxylic acids is 1. The summed E-state index contributed by atoms with van der Waals surface area (Å²) < 4.78 is 13.3. The molecule has 36 heavy (non-hydrogen) atoms. The fourth-order valence-electron chi connectivity index (χ4n) is 4.03. The number of nitrogens with zero attached hydrogens (tertiary/aromatic N) is 2. The number of carbonyl (C=O) groups excluding carboxylic acids is 1. The molecule has 2 aromatic carbocycles. The van der Waals surface area contributed by atoms with Crippen molar-refractivity contribution in [2.45, 2.75) is 39.8 Å². The normalized spacial score (nSPS) is 15.5. The summed E-state index contributed by atoms with van der Waals surface area (Å²) in [7, 11) is 0. The van der Waals surface area contributed by atoms with Crippen LogP contribution in [0.2, 0.25) is 0 Å². The van der Waals surface area contributed by atoms with Crippen LogP contribution in [-0.2, 0) is 9.53 Å². The second-order valence-corrected chi connectivity index (χ2v) is 9.44. The number of aromatic nitrogens is 1. The average molecular weight is 507 g/mol. The number of carbonyl (C=O) groups is 2. The molecule has 4 rings (SSSR count). The van der Waals surface area contributed by atoms with Crippen molar-refractivity contribution >= 4 is 29.4 Å². The van der Waals surface area contributed by atoms with Crippen molar-refractivity contribution in [2.75, 3.05) is 6.61 Å². The van der Waals surface area contributed by atoms with Crippen molar-refractivity contribution in [3.05, 3.63) is 96.2 Å². The summed E-state index contributed by atoms with van der Waals surface area (Å²) in [6.07, 6.45) is 1.57. The van der Waals surface area contributed by atoms with Crippen LogP contribution in [0.5, 0.6) is 5.75 Å². The monoisotopic (exact) mass is 506 g/mol. The van der Waals surface area contributed by atoms with Crippen molar-refractivity contribution in [3.63, 3.8) is 0 Å². The standard InChI is InChI=1S/C27H26N2O6S/c1-5-34-26(33)22-16(4)28-27-29(23(22)19-8-6-7-9-20(19)35-15(2)3)24(30)21(36-27)14-17-10-12-18(13-11-17)25(31)32/h6-15,23H,5H2,1-4H3,(H,31,32)/b21-14+/t23-/m1/s1. The van der Waals surface area contributed by atoms with Crippen molar-refractivity contribution in [1.82, 2.24) is 4.57 Å². The fourth-order valence-corrected chi connectivity index (χ4v) is 5.07. The predicted octanol–water partition coefficient (Wildman–Crippen LogP) is 3.28. The maximum absolute atomic E-state index is 13.7. The Morgan fingerprint density at radius 3 is 2.50 bits per heavy atom. The topological polar surface area (TPSA) is 107 Å². The van der Waals surface area contributed by atoms with Gasteiger partial charge in [-0.15, -0.1) is 0 Å². The number of para-hydroxylation sites is 1. The lowest BCUT2D eigenvalue weighted by atomic mass is 9.95. The SMILES string of the molecule is CCOC(=O)C1=C(C)N=c2s/c(=C/c3ccc(C(=O)O)cc3)c(=O)n2[C@@H]1c1ccccc1OC(C)C. The number of fused-ring (bicyclic) bond motifs is 1. The van der Waals surface area contributed by atoms with E-state index in [1.807, 2.05) is 38.1 Å². The molecule has 1 aliphatic heterocycles. The highest BCUT2D eigenvalue weighted by molar-refractivity contribution is 7.07. The molecule has 1 aromatic heterocycles. The van der Waals surface area contributed by atoms with Crippen molar-refractivity contribution in [3.8, 4) is 5.75 Å². The van der Waals surface area contributed by atoms with Gasteiger partial charge in [0.1, 0.15) is 11.8 Å². The van der Waals surface area contributed by atoms with Crippen LogP contribution in [-0.4, -0.2) is 34.3 Å². The van der Waals surface area contributed by atoms with Crippen LogP contribution in [0.25, 0.3) is 6.08 Å². The van der Waals surface area contributed by atoms with E-state index in [0.29, 0.717) is 31.9 Å². The molecule has 8 nitrogen and oxygen atoms in total. The zero-order chi connectivity index (χ0) is 26.0. The van der Waals surface area contributed by atoms with Crippen molar-refractivity contribution < 1.29 is 24.2 Å². The van der Waals surface area contributed by atoms with Gasteiger partial charge < -0.3 is 14.6 Å². The number of hydrogen-bond acceptors (Lipinski definition) is 7. The summed E-state index contributed by atoms with van der Waals surface area (Å²) in [5.41, 5.74) is 1.91. The highest BCUT2D eigenvalue weighted by atomic mass is 32.1. The van der Waals surface area contributed by atoms with Crippen molar-refractivity contribution in [2.24, 2.45) is 4.99 Å². The summed E-state index contributed by atoms with van der Waals surface area (Å²) in [6, 6.07) is 12.8. The number of ether oxygens (including phenoxy) is 2. The van der Waals surface area contributed by atoms with Gasteiger partial charge in [0.2, 0.25) is 0 Å². The van der Waals surface area contributed by atoms with E-state index >= 15 is 0 Å². The summed E-state index contributed by atoms with van der Waals surface area (Å²) in [6.45, 7) is 7.45. The maximum Gasteiger partial charge on any atom is 0.338 e. The Hall–Kier alpha value is -3.98. The largest absolute Gasteiger partial charge is 0.491 e. The Kier molecular flexibility index (Phi) is 7.21. The van der Waals surface area contributed by atoms with Crippen LogP contribution < -0.4 is 19.6 Å². The number of carboxylic acid groups (broad SMARTS) is 1. The molecule has 0 saturated heterocycles. The molecule has 0 radical (unpaired) electrons. The first-order chi connectivity index (χ1) is 17.2. The molecular formula is C27H26N2O6S. The van der Waals surface area contributed by atoms with Crippen LogP contribution in [0.4, 0.5) is 0 Å². The molecule has 1 atom stereocenters. The van der Waals surface area contributed by atoms with Crippen LogP contribution in [0.1, 0.15) is 55.2 Å². The van der Waals surface area contributed by atoms with Crippen LogP contribution in [0.3, 0.4) is 0 Å². The van der Waals surface area contributed by atoms with Gasteiger partial charge in [0.05, 0.1) is 34.1 Å². The third kappa shape index (κ3) is 4.87. The number of rotatable bonds is 7. The highest BCUT2D eigenvalue weighted by Gasteiger charge is 2.35. The van der Waals surface area contributed by atoms with Crippen LogP contribution >= 0.6 is 11.3 Å². The maximum atomic E-state index is 13.7. The molecule has 1 N–H and O–H groups in total. The van der Waals surface area contributed by atoms with Gasteiger partial charge in [-0.3, -0.25) is 9.36 Å². The minimum absolute atomic E-state index is 0.119. The lowest BCUT2D eigenvalue weighted by molar-refractivity contribution is -0.139. The van der Waals surface area contributed by atoms with Gasteiger partial charge in [-0.1, -0.05) is 41.7 Å². The van der Waals surface area contributed by atoms with E-state index < -0.39 is 18.0 Å². The molecule has 0 aliphatic carbocycles. The molecule has 0 spiro atoms. The van der Waals surface area contributed by atoms with Crippen molar-refractivity contribution in [1.29, 1.82) is 0 Å². The minimum Gasteiger partial charge on any atom is -0.491 e. The Labute approximate surface area is 211 Å². The summed E-state index contributed by atoms with van der Waals surface area (Å²) in [4.78, 5) is 43.0. The van der Waals surface area contributed by atoms with Crippen LogP contribution in [0, 0.1) is 0 Å². The number of aromatic carboxylic acids is 1. The van der Waals surface area contributed by atoms with Gasteiger partial charge in [-0.25, -0.2) is 14.6 Å². The quantitative estimate of drug-likeness (QED) is 0.493. The fraction of sp³-hybridized carbons (Fsp3) is 0.259. The van der Waals surface area contributed by atoms with E-state index in [1.54, 1.807) is 32.1 Å². The molecule has 1 aliphatic rings. The molecule has 0 unspecified atom stereocenters. The Balaban J connectivity index is 1.94. The summed E-state index contributed by atoms with van der Waals surface area (Å²) in [5.74, 6) is -1.00. The molecular weight excluding hydrogens is 480 g/mol. The minimum atomic E-state index is -1.02. The van der Waals surface area contributed by atoms with Gasteiger partial charge in [0, 0.05) is 5.56 Å². The molecule has 0 amide bonds. The summed E-state index contributed by atoms with van der Waals surface area (Å²) >= 11 is 1.20. The average Bonchev–Trinajstić information content (AvgIpc) is 3.13. The van der Waals surface area contributed by atoms with Gasteiger partial charge in [0.25, 0.3) is 5.56 Å². The molecule has 0 bridgehead atoms. The Morgan fingerprint density at radius 1 is 1.17 bits per heavy atom. The van der Waals surface area contributed by atoms with E-state index in [-0.39, 0.29) is 29.4 Å². The number of allylic oxidation sites excluding steroid dienone is 1. The zero-order valence-corrected chi connectivity index (χ0v) is 21.2. The smallest absolute Gasteiger partial charge is 0.338 e. The number of hydrogen-bond donors (Lipinski definition) is 1. The summed E-state index contributed by atoms with van der Waals surface area (Å²) in [5, 5.41) is 9.14. The van der Waals surface area contributed by atoms with E-state index in [2.05, 4.69) is 4.99 Å². The van der Waals surface area contributed by atoms with Gasteiger partial charge in [-0.2, -0.15) is 0 Å². The molecule has 3 aromatic rings. The first-order valence-electron chi connectivity index (χ1n) is 11.5. The van der Waals surface area contributed by atoms with E-state index in [0.717, 1.165) is 0 Å². The Bertz CT molecular complexity index is 1530. The number of thiazole rings is 1. The third-order valence-corrected chi connectivity index (χ3v) is 6.53. The highest BCUT2D eigenvalue weighted by Crippen LogP contribution is 2.36. The second-order valence-electron chi connectivity index (χ2n) is 8.43. The molecule has 186 valence electrons. The predicted molar refractivity (Wildman–Crippen MR) is 136 cm³/mol. The van der Waals surface area contributed by atoms with E-state index in [1.165, 1.54) is 28.0 Å². The lowest BCUT2D eigenvalue weighted by Gasteiger charge is -2.26. The zero-order valence-electron chi connectivity index (χ0n) is 20.3. The lowest BCUT2D eigenvalue weighted by Crippen LogP contribution is -2.40. The van der Waals surface area contributed by atoms with Crippen LogP contribution in [0.15, 0.2) is 69.6 Å². The number of esters is 1. The Morgan fingerprint density at radius 2 is 1.86 bits per heavy atom. The molecule has 2 heterocycles. The molecule has 0 fully saturated rings. The first kappa shape index (κ1) is 25.1. The van der Waals surface area contributed by atoms with E-state index in [4.69, 9.17) is 14.6 Å². The van der Waals surface area contributed by atoms with Gasteiger partial charge >= 0.3 is 11.9 Å². The number of benzene rings is 2. The second kappa shape index (κ2) is 10.3.